The van der Waals surface area contributed by atoms with Gasteiger partial charge < -0.3 is 15.0 Å². The largest absolute Gasteiger partial charge is 0.448 e. The molecule has 0 radical (unpaired) electrons. The topological polar surface area (TPSA) is 81.0 Å². The Bertz CT molecular complexity index is 643. The smallest absolute Gasteiger partial charge is 0.404 e. The highest BCUT2D eigenvalue weighted by Gasteiger charge is 2.12. The first-order chi connectivity index (χ1) is 8.63. The first kappa shape index (κ1) is 11.9. The zero-order valence-electron chi connectivity index (χ0n) is 9.39. The summed E-state index contributed by atoms with van der Waals surface area (Å²) >= 11 is 0. The maximum absolute atomic E-state index is 13.7. The summed E-state index contributed by atoms with van der Waals surface area (Å²) in [6.07, 6.45) is -0.898. The second kappa shape index (κ2) is 4.75. The number of nitrogens with zero attached hydrogens (tertiary/aromatic N) is 2. The van der Waals surface area contributed by atoms with Crippen molar-refractivity contribution >= 4 is 17.0 Å². The highest BCUT2D eigenvalue weighted by atomic mass is 19.1. The van der Waals surface area contributed by atoms with E-state index >= 15 is 0 Å². The standard InChI is InChI=1S/C12H10FN3O2/c13-10-3-1-2-8-6-9(7-14)16(11(8)10)4-5-18-12(15)17/h1-3,6H,4-5H2,(H2,15,17). The van der Waals surface area contributed by atoms with Crippen LogP contribution in [0.4, 0.5) is 9.18 Å². The molecule has 2 N–H and O–H groups in total. The van der Waals surface area contributed by atoms with E-state index in [0.29, 0.717) is 16.6 Å². The number of nitrogens with two attached hydrogens (primary N) is 1. The van der Waals surface area contributed by atoms with Crippen molar-refractivity contribution in [1.82, 2.24) is 4.57 Å². The number of nitriles is 1. The maximum atomic E-state index is 13.7. The van der Waals surface area contributed by atoms with Gasteiger partial charge >= 0.3 is 6.09 Å². The van der Waals surface area contributed by atoms with Crippen LogP contribution >= 0.6 is 0 Å². The minimum atomic E-state index is -0.898. The third-order valence-electron chi connectivity index (χ3n) is 2.54. The molecule has 6 heteroatoms. The summed E-state index contributed by atoms with van der Waals surface area (Å²) in [6.45, 7) is 0.165. The van der Waals surface area contributed by atoms with E-state index in [9.17, 15) is 9.18 Å². The number of primary amides is 1. The van der Waals surface area contributed by atoms with E-state index < -0.39 is 11.9 Å². The summed E-state index contributed by atoms with van der Waals surface area (Å²) in [4.78, 5) is 10.5. The Kier molecular flexibility index (Phi) is 3.15. The number of carbonyl (C=O) groups is 1. The van der Waals surface area contributed by atoms with Crippen LogP contribution in [0.1, 0.15) is 5.69 Å². The third kappa shape index (κ3) is 2.11. The van der Waals surface area contributed by atoms with E-state index in [-0.39, 0.29) is 13.2 Å². The number of carbonyl (C=O) groups excluding carboxylic acids is 1. The van der Waals surface area contributed by atoms with Crippen LogP contribution in [-0.2, 0) is 11.3 Å². The molecule has 1 amide bonds. The lowest BCUT2D eigenvalue weighted by Gasteiger charge is -2.07. The first-order valence-corrected chi connectivity index (χ1v) is 5.23. The van der Waals surface area contributed by atoms with Gasteiger partial charge in [-0.3, -0.25) is 0 Å². The van der Waals surface area contributed by atoms with Crippen LogP contribution < -0.4 is 5.73 Å². The Hall–Kier alpha value is -2.55. The fraction of sp³-hybridized carbons (Fsp3) is 0.167. The van der Waals surface area contributed by atoms with Crippen LogP contribution in [0.2, 0.25) is 0 Å². The molecule has 2 rings (SSSR count). The van der Waals surface area contributed by atoms with Gasteiger partial charge in [0.05, 0.1) is 12.1 Å². The van der Waals surface area contributed by atoms with Gasteiger partial charge in [-0.05, 0) is 12.1 Å². The van der Waals surface area contributed by atoms with Crippen LogP contribution in [0.3, 0.4) is 0 Å². The summed E-state index contributed by atoms with van der Waals surface area (Å²) in [5.74, 6) is -0.423. The number of fused-ring (bicyclic) bond motifs is 1. The molecule has 1 aromatic carbocycles. The average Bonchev–Trinajstić information content (AvgIpc) is 2.68. The van der Waals surface area contributed by atoms with Crippen molar-refractivity contribution in [2.75, 3.05) is 6.61 Å². The first-order valence-electron chi connectivity index (χ1n) is 5.23. The number of amides is 1. The molecule has 0 aliphatic heterocycles. The van der Waals surface area contributed by atoms with Crippen molar-refractivity contribution < 1.29 is 13.9 Å². The summed E-state index contributed by atoms with van der Waals surface area (Å²) in [5, 5.41) is 9.62. The molecular formula is C12H10FN3O2. The van der Waals surface area contributed by atoms with E-state index in [4.69, 9.17) is 11.0 Å². The summed E-state index contributed by atoms with van der Waals surface area (Å²) in [5.41, 5.74) is 5.47. The second-order valence-electron chi connectivity index (χ2n) is 3.64. The molecule has 2 aromatic rings. The third-order valence-corrected chi connectivity index (χ3v) is 2.54. The molecule has 0 saturated heterocycles. The highest BCUT2D eigenvalue weighted by Crippen LogP contribution is 2.22. The minimum Gasteiger partial charge on any atom is -0.448 e. The van der Waals surface area contributed by atoms with Gasteiger partial charge in [0.2, 0.25) is 0 Å². The summed E-state index contributed by atoms with van der Waals surface area (Å²) < 4.78 is 19.8. The van der Waals surface area contributed by atoms with Crippen molar-refractivity contribution in [2.45, 2.75) is 6.54 Å². The summed E-state index contributed by atoms with van der Waals surface area (Å²) in [6, 6.07) is 8.16. The molecule has 92 valence electrons. The van der Waals surface area contributed by atoms with Crippen LogP contribution in [0, 0.1) is 17.1 Å². The number of hydrogen-bond donors (Lipinski definition) is 1. The lowest BCUT2D eigenvalue weighted by molar-refractivity contribution is 0.152. The molecular weight excluding hydrogens is 237 g/mol. The Balaban J connectivity index is 2.41. The Labute approximate surface area is 102 Å². The molecule has 0 atom stereocenters. The van der Waals surface area contributed by atoms with Gasteiger partial charge in [-0.1, -0.05) is 12.1 Å². The van der Waals surface area contributed by atoms with E-state index in [0.717, 1.165) is 0 Å². The number of ether oxygens (including phenoxy) is 1. The predicted molar refractivity (Wildman–Crippen MR) is 62.1 cm³/mol. The van der Waals surface area contributed by atoms with Gasteiger partial charge in [0.15, 0.2) is 0 Å². The van der Waals surface area contributed by atoms with E-state index in [1.807, 2.05) is 6.07 Å². The van der Waals surface area contributed by atoms with Crippen LogP contribution in [0.25, 0.3) is 10.9 Å². The molecule has 0 aliphatic rings. The fourth-order valence-electron chi connectivity index (χ4n) is 1.84. The zero-order valence-corrected chi connectivity index (χ0v) is 9.39. The quantitative estimate of drug-likeness (QED) is 0.897. The number of aromatic nitrogens is 1. The molecule has 0 unspecified atom stereocenters. The van der Waals surface area contributed by atoms with Crippen LogP contribution in [0.5, 0.6) is 0 Å². The van der Waals surface area contributed by atoms with Crippen molar-refractivity contribution in [3.05, 3.63) is 35.8 Å². The molecule has 0 spiro atoms. The predicted octanol–water partition coefficient (Wildman–Crippen LogP) is 1.75. The Morgan fingerprint density at radius 3 is 3.00 bits per heavy atom. The fourth-order valence-corrected chi connectivity index (χ4v) is 1.84. The number of rotatable bonds is 3. The molecule has 1 heterocycles. The number of hydrogen-bond acceptors (Lipinski definition) is 3. The van der Waals surface area contributed by atoms with Gasteiger partial charge in [-0.25, -0.2) is 9.18 Å². The molecule has 0 saturated carbocycles. The van der Waals surface area contributed by atoms with Crippen molar-refractivity contribution in [3.8, 4) is 6.07 Å². The lowest BCUT2D eigenvalue weighted by atomic mass is 10.2. The molecule has 5 nitrogen and oxygen atoms in total. The average molecular weight is 247 g/mol. The normalized spacial score (nSPS) is 10.2. The van der Waals surface area contributed by atoms with E-state index in [1.165, 1.54) is 10.6 Å². The summed E-state index contributed by atoms with van der Waals surface area (Å²) in [7, 11) is 0. The molecule has 0 fully saturated rings. The molecule has 18 heavy (non-hydrogen) atoms. The number of halogens is 1. The molecule has 0 aliphatic carbocycles. The SMILES string of the molecule is N#Cc1cc2cccc(F)c2n1CCOC(N)=O. The Morgan fingerprint density at radius 2 is 2.33 bits per heavy atom. The van der Waals surface area contributed by atoms with Gasteiger partial charge in [0.25, 0.3) is 0 Å². The van der Waals surface area contributed by atoms with Gasteiger partial charge in [-0.2, -0.15) is 5.26 Å². The monoisotopic (exact) mass is 247 g/mol. The van der Waals surface area contributed by atoms with Crippen molar-refractivity contribution in [2.24, 2.45) is 5.73 Å². The van der Waals surface area contributed by atoms with Crippen molar-refractivity contribution in [1.29, 1.82) is 5.26 Å². The Morgan fingerprint density at radius 1 is 1.56 bits per heavy atom. The second-order valence-corrected chi connectivity index (χ2v) is 3.64. The minimum absolute atomic E-state index is 0.0118. The van der Waals surface area contributed by atoms with Gasteiger partial charge in [0.1, 0.15) is 24.2 Å². The maximum Gasteiger partial charge on any atom is 0.404 e. The van der Waals surface area contributed by atoms with Gasteiger partial charge in [-0.15, -0.1) is 0 Å². The van der Waals surface area contributed by atoms with Crippen molar-refractivity contribution in [3.63, 3.8) is 0 Å². The molecule has 0 bridgehead atoms. The number of para-hydroxylation sites is 1. The highest BCUT2D eigenvalue weighted by molar-refractivity contribution is 5.82. The van der Waals surface area contributed by atoms with Crippen LogP contribution in [0.15, 0.2) is 24.3 Å². The lowest BCUT2D eigenvalue weighted by Crippen LogP contribution is -2.17. The van der Waals surface area contributed by atoms with Gasteiger partial charge in [0, 0.05) is 5.39 Å². The zero-order chi connectivity index (χ0) is 13.1. The number of benzene rings is 1. The molecule has 1 aromatic heterocycles. The van der Waals surface area contributed by atoms with E-state index in [1.54, 1.807) is 18.2 Å². The van der Waals surface area contributed by atoms with E-state index in [2.05, 4.69) is 4.74 Å². The van der Waals surface area contributed by atoms with Crippen LogP contribution in [-0.4, -0.2) is 17.3 Å².